The van der Waals surface area contributed by atoms with Gasteiger partial charge in [-0.25, -0.2) is 0 Å². The van der Waals surface area contributed by atoms with Gasteiger partial charge in [0.1, 0.15) is 0 Å². The fraction of sp³-hybridized carbons (Fsp3) is 0.556. The molecule has 1 aromatic rings. The Morgan fingerprint density at radius 2 is 2.09 bits per heavy atom. The molecule has 2 saturated heterocycles. The monoisotopic (exact) mass is 316 g/mol. The first-order valence-electron chi connectivity index (χ1n) is 8.33. The quantitative estimate of drug-likeness (QED) is 0.917. The van der Waals surface area contributed by atoms with E-state index in [2.05, 4.69) is 0 Å². The van der Waals surface area contributed by atoms with Crippen LogP contribution in [0.2, 0.25) is 0 Å². The van der Waals surface area contributed by atoms with Gasteiger partial charge in [0, 0.05) is 32.6 Å². The average Bonchev–Trinajstić information content (AvgIpc) is 3.15. The summed E-state index contributed by atoms with van der Waals surface area (Å²) in [4.78, 5) is 27.9. The predicted molar refractivity (Wildman–Crippen MR) is 86.5 cm³/mol. The number of carbonyl (C=O) groups excluding carboxylic acids is 2. The molecule has 3 atom stereocenters. The van der Waals surface area contributed by atoms with E-state index in [9.17, 15) is 14.7 Å². The number of amides is 2. The van der Waals surface area contributed by atoms with E-state index >= 15 is 0 Å². The molecule has 2 amide bonds. The van der Waals surface area contributed by atoms with E-state index in [1.807, 2.05) is 35.2 Å². The van der Waals surface area contributed by atoms with Gasteiger partial charge in [0.25, 0.3) is 0 Å². The number of likely N-dealkylation sites (tertiary alicyclic amines) is 2. The minimum atomic E-state index is -0.553. The minimum Gasteiger partial charge on any atom is -0.388 e. The van der Waals surface area contributed by atoms with Crippen LogP contribution in [0.15, 0.2) is 30.3 Å². The minimum absolute atomic E-state index is 0.0448. The molecule has 0 spiro atoms. The Labute approximate surface area is 136 Å². The highest BCUT2D eigenvalue weighted by Crippen LogP contribution is 2.30. The van der Waals surface area contributed by atoms with Crippen LogP contribution in [-0.4, -0.2) is 52.9 Å². The van der Waals surface area contributed by atoms with Gasteiger partial charge < -0.3 is 14.9 Å². The molecular weight excluding hydrogens is 292 g/mol. The smallest absolute Gasteiger partial charge is 0.228 e. The summed E-state index contributed by atoms with van der Waals surface area (Å²) >= 11 is 0. The number of benzene rings is 1. The second-order valence-corrected chi connectivity index (χ2v) is 6.67. The van der Waals surface area contributed by atoms with Gasteiger partial charge in [0.2, 0.25) is 11.8 Å². The van der Waals surface area contributed by atoms with E-state index in [-0.39, 0.29) is 23.8 Å². The predicted octanol–water partition coefficient (Wildman–Crippen LogP) is 1.58. The van der Waals surface area contributed by atoms with Crippen molar-refractivity contribution in [3.63, 3.8) is 0 Å². The molecule has 0 radical (unpaired) electrons. The maximum atomic E-state index is 12.7. The van der Waals surface area contributed by atoms with Crippen LogP contribution in [0.1, 0.15) is 37.4 Å². The van der Waals surface area contributed by atoms with Crippen LogP contribution in [0, 0.1) is 5.92 Å². The zero-order valence-corrected chi connectivity index (χ0v) is 13.5. The van der Waals surface area contributed by atoms with Crippen molar-refractivity contribution in [3.05, 3.63) is 35.9 Å². The summed E-state index contributed by atoms with van der Waals surface area (Å²) in [5.74, 6) is -0.101. The topological polar surface area (TPSA) is 60.9 Å². The summed E-state index contributed by atoms with van der Waals surface area (Å²) in [7, 11) is 1.75. The highest BCUT2D eigenvalue weighted by Gasteiger charge is 2.39. The second-order valence-electron chi connectivity index (χ2n) is 6.67. The summed E-state index contributed by atoms with van der Waals surface area (Å²) in [5, 5.41) is 10.4. The van der Waals surface area contributed by atoms with Crippen molar-refractivity contribution in [3.8, 4) is 0 Å². The molecule has 3 rings (SSSR count). The van der Waals surface area contributed by atoms with E-state index in [1.165, 1.54) is 0 Å². The zero-order valence-electron chi connectivity index (χ0n) is 13.5. The van der Waals surface area contributed by atoms with Gasteiger partial charge in [-0.05, 0) is 24.8 Å². The van der Waals surface area contributed by atoms with Gasteiger partial charge in [-0.15, -0.1) is 0 Å². The molecule has 5 nitrogen and oxygen atoms in total. The Bertz CT molecular complexity index is 575. The lowest BCUT2D eigenvalue weighted by molar-refractivity contribution is -0.137. The fourth-order valence-electron chi connectivity index (χ4n) is 3.70. The van der Waals surface area contributed by atoms with Crippen molar-refractivity contribution in [1.82, 2.24) is 9.80 Å². The molecular formula is C18H24N2O3. The molecule has 124 valence electrons. The first-order chi connectivity index (χ1) is 11.1. The first kappa shape index (κ1) is 16.0. The molecule has 5 heteroatoms. The van der Waals surface area contributed by atoms with Gasteiger partial charge in [-0.2, -0.15) is 0 Å². The molecule has 0 bridgehead atoms. The van der Waals surface area contributed by atoms with Gasteiger partial charge in [0.05, 0.1) is 12.0 Å². The lowest BCUT2D eigenvalue weighted by Gasteiger charge is -2.28. The van der Waals surface area contributed by atoms with Crippen molar-refractivity contribution in [2.75, 3.05) is 20.1 Å². The number of hydrogen-bond acceptors (Lipinski definition) is 3. The van der Waals surface area contributed by atoms with Crippen molar-refractivity contribution in [2.45, 2.75) is 37.8 Å². The number of carbonyl (C=O) groups is 2. The van der Waals surface area contributed by atoms with Crippen LogP contribution in [0.4, 0.5) is 0 Å². The molecule has 2 aliphatic heterocycles. The molecule has 0 aliphatic carbocycles. The third kappa shape index (κ3) is 3.39. The van der Waals surface area contributed by atoms with Crippen molar-refractivity contribution in [1.29, 1.82) is 0 Å². The number of aliphatic hydroxyl groups excluding tert-OH is 1. The Morgan fingerprint density at radius 1 is 1.35 bits per heavy atom. The number of aliphatic hydroxyl groups is 1. The Hall–Kier alpha value is -1.88. The maximum Gasteiger partial charge on any atom is 0.228 e. The van der Waals surface area contributed by atoms with Crippen LogP contribution in [0.25, 0.3) is 0 Å². The first-order valence-corrected chi connectivity index (χ1v) is 8.33. The number of hydrogen-bond donors (Lipinski definition) is 1. The van der Waals surface area contributed by atoms with E-state index in [4.69, 9.17) is 0 Å². The Morgan fingerprint density at radius 3 is 2.74 bits per heavy atom. The standard InChI is InChI=1S/C18H24N2O3/c1-19-12-14(10-17(19)22)18(23)20-9-5-8-15(20)11-16(21)13-6-3-2-4-7-13/h2-4,6-7,14-16,21H,5,8-12H2,1H3. The van der Waals surface area contributed by atoms with Crippen molar-refractivity contribution >= 4 is 11.8 Å². The summed E-state index contributed by atoms with van der Waals surface area (Å²) in [6.07, 6.45) is 2.22. The normalized spacial score (nSPS) is 25.9. The second kappa shape index (κ2) is 6.71. The molecule has 2 heterocycles. The largest absolute Gasteiger partial charge is 0.388 e. The van der Waals surface area contributed by atoms with Gasteiger partial charge >= 0.3 is 0 Å². The van der Waals surface area contributed by atoms with E-state index in [0.29, 0.717) is 19.4 Å². The Balaban J connectivity index is 1.64. The SMILES string of the molecule is CN1CC(C(=O)N2CCCC2CC(O)c2ccccc2)CC1=O. The molecule has 0 saturated carbocycles. The summed E-state index contributed by atoms with van der Waals surface area (Å²) in [6, 6.07) is 9.65. The lowest BCUT2D eigenvalue weighted by atomic mass is 9.99. The highest BCUT2D eigenvalue weighted by atomic mass is 16.3. The van der Waals surface area contributed by atoms with Gasteiger partial charge in [0.15, 0.2) is 0 Å². The average molecular weight is 316 g/mol. The van der Waals surface area contributed by atoms with Crippen LogP contribution in [-0.2, 0) is 9.59 Å². The molecule has 1 aromatic carbocycles. The van der Waals surface area contributed by atoms with Crippen LogP contribution >= 0.6 is 0 Å². The number of nitrogens with zero attached hydrogens (tertiary/aromatic N) is 2. The zero-order chi connectivity index (χ0) is 16.4. The van der Waals surface area contributed by atoms with Crippen molar-refractivity contribution < 1.29 is 14.7 Å². The summed E-state index contributed by atoms with van der Waals surface area (Å²) < 4.78 is 0. The number of rotatable bonds is 4. The van der Waals surface area contributed by atoms with Gasteiger partial charge in [-0.3, -0.25) is 9.59 Å². The molecule has 1 N–H and O–H groups in total. The van der Waals surface area contributed by atoms with E-state index in [0.717, 1.165) is 24.9 Å². The van der Waals surface area contributed by atoms with Crippen molar-refractivity contribution in [2.24, 2.45) is 5.92 Å². The van der Waals surface area contributed by atoms with Crippen LogP contribution in [0.3, 0.4) is 0 Å². The molecule has 0 aromatic heterocycles. The highest BCUT2D eigenvalue weighted by molar-refractivity contribution is 5.89. The Kier molecular flexibility index (Phi) is 4.66. The molecule has 2 aliphatic rings. The summed E-state index contributed by atoms with van der Waals surface area (Å²) in [6.45, 7) is 1.25. The van der Waals surface area contributed by atoms with E-state index < -0.39 is 6.10 Å². The molecule has 2 fully saturated rings. The third-order valence-corrected chi connectivity index (χ3v) is 5.03. The summed E-state index contributed by atoms with van der Waals surface area (Å²) in [5.41, 5.74) is 0.891. The fourth-order valence-corrected chi connectivity index (χ4v) is 3.70. The van der Waals surface area contributed by atoms with Crippen LogP contribution < -0.4 is 0 Å². The lowest BCUT2D eigenvalue weighted by Crippen LogP contribution is -2.41. The molecule has 3 unspecified atom stereocenters. The third-order valence-electron chi connectivity index (χ3n) is 5.03. The van der Waals surface area contributed by atoms with E-state index in [1.54, 1.807) is 11.9 Å². The maximum absolute atomic E-state index is 12.7. The van der Waals surface area contributed by atoms with Gasteiger partial charge in [-0.1, -0.05) is 30.3 Å². The van der Waals surface area contributed by atoms with Crippen LogP contribution in [0.5, 0.6) is 0 Å². The molecule has 23 heavy (non-hydrogen) atoms.